The molecule has 0 bridgehead atoms. The topological polar surface area (TPSA) is 70.1 Å². The first-order valence-electron chi connectivity index (χ1n) is 1.56. The third kappa shape index (κ3) is 3.43. The summed E-state index contributed by atoms with van der Waals surface area (Å²) >= 11 is 0. The van der Waals surface area contributed by atoms with Crippen molar-refractivity contribution < 1.29 is 5.11 Å². The normalized spacial score (nSPS) is 8.17. The largest absolute Gasteiger partial charge is 0.390 e. The van der Waals surface area contributed by atoms with Gasteiger partial charge in [0.2, 0.25) is 0 Å². The van der Waals surface area contributed by atoms with E-state index >= 15 is 0 Å². The van der Waals surface area contributed by atoms with Crippen LogP contribution < -0.4 is 5.73 Å². The number of hydrogen-bond donors (Lipinski definition) is 3. The molecule has 0 amide bonds. The van der Waals surface area contributed by atoms with Gasteiger partial charge in [0.1, 0.15) is 0 Å². The maximum Gasteiger partial charge on any atom is 0.0932 e. The lowest BCUT2D eigenvalue weighted by molar-refractivity contribution is 0.391. The number of nitrogens with two attached hydrogens (primary N) is 1. The minimum atomic E-state index is -0.0162. The maximum absolute atomic E-state index is 7.89. The van der Waals surface area contributed by atoms with Crippen molar-refractivity contribution in [3.8, 4) is 0 Å². The predicted molar refractivity (Wildman–Crippen MR) is 22.8 cm³/mol. The molecule has 0 aliphatic heterocycles. The molecule has 3 nitrogen and oxygen atoms in total. The molecule has 0 atom stereocenters. The highest BCUT2D eigenvalue weighted by atomic mass is 16.3. The quantitative estimate of drug-likeness (QED) is 0.323. The predicted octanol–water partition coefficient (Wildman–Crippen LogP) is -0.153. The lowest BCUT2D eigenvalue weighted by Crippen LogP contribution is -2.08. The first kappa shape index (κ1) is 5.43. The van der Waals surface area contributed by atoms with Crippen LogP contribution in [-0.4, -0.2) is 10.9 Å². The molecule has 1 radical (unpaired) electrons. The lowest BCUT2D eigenvalue weighted by Gasteiger charge is -1.84. The van der Waals surface area contributed by atoms with Crippen LogP contribution in [0.25, 0.3) is 0 Å². The fourth-order valence-electron chi connectivity index (χ4n) is 0.0983. The molecule has 0 saturated heterocycles. The summed E-state index contributed by atoms with van der Waals surface area (Å²) in [5.41, 5.74) is 4.80. The molecule has 0 saturated carbocycles. The van der Waals surface area contributed by atoms with Crippen LogP contribution in [0.1, 0.15) is 6.42 Å². The number of nitrogens with one attached hydrogen (secondary N) is 1. The van der Waals surface area contributed by atoms with Crippen molar-refractivity contribution >= 4 is 5.84 Å². The molecule has 3 heteroatoms. The molecular weight excluding hydrogens is 80.0 g/mol. The molecule has 0 aliphatic rings. The standard InChI is InChI=1S/C3H7N2O/c4-3(5)1-2-6/h2,6H,1H2,(H3,4,5). The van der Waals surface area contributed by atoms with Gasteiger partial charge in [-0.2, -0.15) is 0 Å². The van der Waals surface area contributed by atoms with Crippen LogP contribution in [-0.2, 0) is 0 Å². The Morgan fingerprint density at radius 2 is 2.50 bits per heavy atom. The van der Waals surface area contributed by atoms with E-state index in [0.717, 1.165) is 6.61 Å². The van der Waals surface area contributed by atoms with Gasteiger partial charge in [0.25, 0.3) is 0 Å². The first-order valence-corrected chi connectivity index (χ1v) is 1.56. The molecule has 0 rings (SSSR count). The summed E-state index contributed by atoms with van der Waals surface area (Å²) in [4.78, 5) is 0. The monoisotopic (exact) mass is 87.1 g/mol. The third-order valence-electron chi connectivity index (χ3n) is 0.311. The van der Waals surface area contributed by atoms with Crippen LogP contribution in [0.15, 0.2) is 0 Å². The Labute approximate surface area is 36.3 Å². The van der Waals surface area contributed by atoms with Crippen molar-refractivity contribution in [2.24, 2.45) is 5.73 Å². The van der Waals surface area contributed by atoms with Crippen LogP contribution >= 0.6 is 0 Å². The number of amidine groups is 1. The second-order valence-electron chi connectivity index (χ2n) is 0.912. The van der Waals surface area contributed by atoms with Crippen LogP contribution in [0.4, 0.5) is 0 Å². The van der Waals surface area contributed by atoms with Gasteiger partial charge in [-0.1, -0.05) is 0 Å². The fraction of sp³-hybridized carbons (Fsp3) is 0.333. The Hall–Kier alpha value is -0.570. The van der Waals surface area contributed by atoms with Crippen molar-refractivity contribution in [1.82, 2.24) is 0 Å². The molecule has 0 aliphatic carbocycles. The Kier molecular flexibility index (Phi) is 2.40. The van der Waals surface area contributed by atoms with E-state index in [4.69, 9.17) is 16.2 Å². The van der Waals surface area contributed by atoms with Gasteiger partial charge in [0, 0.05) is 6.42 Å². The van der Waals surface area contributed by atoms with Crippen LogP contribution in [0.2, 0.25) is 0 Å². The van der Waals surface area contributed by atoms with Crippen molar-refractivity contribution in [1.29, 1.82) is 5.41 Å². The molecule has 6 heavy (non-hydrogen) atoms. The van der Waals surface area contributed by atoms with Gasteiger partial charge < -0.3 is 10.8 Å². The minimum Gasteiger partial charge on any atom is -0.390 e. The highest BCUT2D eigenvalue weighted by Crippen LogP contribution is 1.74. The van der Waals surface area contributed by atoms with Crippen molar-refractivity contribution in [3.05, 3.63) is 6.61 Å². The number of hydrogen-bond acceptors (Lipinski definition) is 2. The highest BCUT2D eigenvalue weighted by molar-refractivity contribution is 5.77. The summed E-state index contributed by atoms with van der Waals surface area (Å²) in [5.74, 6) is -0.0162. The van der Waals surface area contributed by atoms with Gasteiger partial charge in [0.15, 0.2) is 0 Å². The Bertz CT molecular complexity index is 52.8. The van der Waals surface area contributed by atoms with Gasteiger partial charge in [-0.05, 0) is 0 Å². The molecule has 0 heterocycles. The van der Waals surface area contributed by atoms with Crippen molar-refractivity contribution in [2.75, 3.05) is 0 Å². The van der Waals surface area contributed by atoms with E-state index in [0.29, 0.717) is 0 Å². The molecule has 0 aromatic heterocycles. The second kappa shape index (κ2) is 2.66. The van der Waals surface area contributed by atoms with Crippen LogP contribution in [0, 0.1) is 12.0 Å². The summed E-state index contributed by atoms with van der Waals surface area (Å²) in [7, 11) is 0. The summed E-state index contributed by atoms with van der Waals surface area (Å²) < 4.78 is 0. The molecule has 0 fully saturated rings. The minimum absolute atomic E-state index is 0.0162. The van der Waals surface area contributed by atoms with E-state index in [1.807, 2.05) is 0 Å². The SMILES string of the molecule is N=C(N)C[CH]O. The molecular formula is C3H7N2O. The van der Waals surface area contributed by atoms with E-state index in [-0.39, 0.29) is 12.3 Å². The van der Waals surface area contributed by atoms with Crippen LogP contribution in [0.3, 0.4) is 0 Å². The molecule has 0 aromatic carbocycles. The summed E-state index contributed by atoms with van der Waals surface area (Å²) in [6.07, 6.45) is 0.167. The Morgan fingerprint density at radius 1 is 2.00 bits per heavy atom. The third-order valence-corrected chi connectivity index (χ3v) is 0.311. The second-order valence-corrected chi connectivity index (χ2v) is 0.912. The Balaban J connectivity index is 2.83. The zero-order valence-electron chi connectivity index (χ0n) is 3.31. The van der Waals surface area contributed by atoms with Gasteiger partial charge >= 0.3 is 0 Å². The van der Waals surface area contributed by atoms with E-state index in [1.54, 1.807) is 0 Å². The molecule has 0 aromatic rings. The number of aliphatic hydroxyl groups excluding tert-OH is 1. The van der Waals surface area contributed by atoms with Crippen molar-refractivity contribution in [2.45, 2.75) is 6.42 Å². The highest BCUT2D eigenvalue weighted by Gasteiger charge is 1.81. The maximum atomic E-state index is 7.89. The van der Waals surface area contributed by atoms with Gasteiger partial charge in [-0.25, -0.2) is 0 Å². The molecule has 0 unspecified atom stereocenters. The average Bonchev–Trinajstić information content (AvgIpc) is 1.35. The summed E-state index contributed by atoms with van der Waals surface area (Å²) in [6.45, 7) is 0.850. The lowest BCUT2D eigenvalue weighted by atomic mass is 10.4. The smallest absolute Gasteiger partial charge is 0.0932 e. The first-order chi connectivity index (χ1) is 2.77. The van der Waals surface area contributed by atoms with Crippen LogP contribution in [0.5, 0.6) is 0 Å². The average molecular weight is 87.1 g/mol. The number of aliphatic hydroxyl groups is 1. The van der Waals surface area contributed by atoms with E-state index in [1.165, 1.54) is 0 Å². The molecule has 4 N–H and O–H groups in total. The zero-order valence-corrected chi connectivity index (χ0v) is 3.31. The van der Waals surface area contributed by atoms with Crippen molar-refractivity contribution in [3.63, 3.8) is 0 Å². The van der Waals surface area contributed by atoms with Gasteiger partial charge in [-0.15, -0.1) is 0 Å². The zero-order chi connectivity index (χ0) is 4.99. The summed E-state index contributed by atoms with van der Waals surface area (Å²) in [5, 5.41) is 14.4. The fourth-order valence-corrected chi connectivity index (χ4v) is 0.0983. The van der Waals surface area contributed by atoms with Gasteiger partial charge in [-0.3, -0.25) is 5.41 Å². The Morgan fingerprint density at radius 3 is 2.50 bits per heavy atom. The van der Waals surface area contributed by atoms with E-state index in [9.17, 15) is 0 Å². The van der Waals surface area contributed by atoms with E-state index in [2.05, 4.69) is 0 Å². The van der Waals surface area contributed by atoms with E-state index < -0.39 is 0 Å². The molecule has 0 spiro atoms. The number of rotatable bonds is 2. The summed E-state index contributed by atoms with van der Waals surface area (Å²) in [6, 6.07) is 0. The van der Waals surface area contributed by atoms with Gasteiger partial charge in [0.05, 0.1) is 12.4 Å². The molecule has 35 valence electrons.